The Labute approximate surface area is 190 Å². The first-order valence-corrected chi connectivity index (χ1v) is 11.5. The molecule has 166 valence electrons. The number of pyridine rings is 2. The van der Waals surface area contributed by atoms with Crippen molar-refractivity contribution >= 4 is 22.6 Å². The molecule has 3 aliphatic carbocycles. The zero-order valence-corrected chi connectivity index (χ0v) is 17.9. The van der Waals surface area contributed by atoms with Crippen molar-refractivity contribution in [1.29, 1.82) is 5.26 Å². The second kappa shape index (κ2) is 7.80. The summed E-state index contributed by atoms with van der Waals surface area (Å²) in [5, 5.41) is 12.6. The predicted molar refractivity (Wildman–Crippen MR) is 120 cm³/mol. The molecular weight excluding hydrogens is 419 g/mol. The molecule has 1 aromatic carbocycles. The Bertz CT molecular complexity index is 1260. The van der Waals surface area contributed by atoms with Crippen LogP contribution in [0.1, 0.15) is 31.2 Å². The maximum Gasteiger partial charge on any atom is 0.229 e. The van der Waals surface area contributed by atoms with E-state index in [-0.39, 0.29) is 23.7 Å². The summed E-state index contributed by atoms with van der Waals surface area (Å²) in [6.07, 6.45) is 7.28. The van der Waals surface area contributed by atoms with Crippen molar-refractivity contribution in [3.63, 3.8) is 0 Å². The van der Waals surface area contributed by atoms with Gasteiger partial charge in [0.25, 0.3) is 0 Å². The van der Waals surface area contributed by atoms with E-state index in [1.165, 1.54) is 18.3 Å². The van der Waals surface area contributed by atoms with Crippen LogP contribution in [0.25, 0.3) is 10.9 Å². The number of nitrogens with zero attached hydrogens (tertiary/aromatic N) is 3. The molecule has 6 rings (SSSR count). The van der Waals surface area contributed by atoms with E-state index < -0.39 is 0 Å². The van der Waals surface area contributed by atoms with Gasteiger partial charge in [-0.15, -0.1) is 0 Å². The highest BCUT2D eigenvalue weighted by Crippen LogP contribution is 2.64. The van der Waals surface area contributed by atoms with Crippen LogP contribution in [0.4, 0.5) is 10.2 Å². The number of rotatable bonds is 6. The minimum atomic E-state index is -0.301. The number of carbonyl (C=O) groups excluding carboxylic acids is 1. The lowest BCUT2D eigenvalue weighted by Gasteiger charge is -2.22. The van der Waals surface area contributed by atoms with Crippen LogP contribution in [0.15, 0.2) is 48.8 Å². The Morgan fingerprint density at radius 2 is 1.97 bits per heavy atom. The number of amides is 1. The molecule has 2 aromatic heterocycles. The Morgan fingerprint density at radius 3 is 2.67 bits per heavy atom. The Morgan fingerprint density at radius 1 is 1.15 bits per heavy atom. The first-order chi connectivity index (χ1) is 16.1. The van der Waals surface area contributed by atoms with Crippen molar-refractivity contribution in [2.45, 2.75) is 31.8 Å². The molecule has 7 heteroatoms. The first-order valence-electron chi connectivity index (χ1n) is 11.5. The van der Waals surface area contributed by atoms with Crippen molar-refractivity contribution in [1.82, 2.24) is 9.97 Å². The highest BCUT2D eigenvalue weighted by Gasteiger charge is 2.63. The molecule has 5 atom stereocenters. The minimum Gasteiger partial charge on any atom is -0.490 e. The lowest BCUT2D eigenvalue weighted by atomic mass is 9.91. The summed E-state index contributed by atoms with van der Waals surface area (Å²) < 4.78 is 20.0. The van der Waals surface area contributed by atoms with Crippen LogP contribution in [-0.4, -0.2) is 22.0 Å². The van der Waals surface area contributed by atoms with E-state index in [1.54, 1.807) is 30.5 Å². The van der Waals surface area contributed by atoms with E-state index in [4.69, 9.17) is 10.00 Å². The average Bonchev–Trinajstić information content (AvgIpc) is 3.73. The number of halogens is 1. The predicted octanol–water partition coefficient (Wildman–Crippen LogP) is 4.71. The zero-order chi connectivity index (χ0) is 22.5. The van der Waals surface area contributed by atoms with Gasteiger partial charge in [0.05, 0.1) is 17.2 Å². The largest absolute Gasteiger partial charge is 0.490 e. The maximum absolute atomic E-state index is 13.8. The van der Waals surface area contributed by atoms with E-state index in [1.807, 2.05) is 6.07 Å². The molecule has 3 fully saturated rings. The summed E-state index contributed by atoms with van der Waals surface area (Å²) in [6.45, 7) is 0. The minimum absolute atomic E-state index is 0.00856. The standard InChI is InChI=1S/C26H23FN4O2/c27-16-4-5-21-20(9-16)22(7-8-29-21)33-17-10-18-19(11-17)25(18)24(15-2-3-15)26(32)31-23-6-1-14(12-28)13-30-23/h1,4-9,13,15,17-19,24-25H,2-3,10-11H2,(H,30,31,32)/t17-,18+,19-,24?,25-. The number of hydrogen-bond donors (Lipinski definition) is 1. The van der Waals surface area contributed by atoms with Crippen LogP contribution in [0, 0.1) is 46.7 Å². The van der Waals surface area contributed by atoms with E-state index in [2.05, 4.69) is 15.3 Å². The summed E-state index contributed by atoms with van der Waals surface area (Å²) in [5.74, 6) is 2.74. The molecule has 3 aliphatic rings. The highest BCUT2D eigenvalue weighted by atomic mass is 19.1. The molecule has 1 unspecified atom stereocenters. The fraction of sp³-hybridized carbons (Fsp3) is 0.385. The van der Waals surface area contributed by atoms with E-state index in [0.29, 0.717) is 46.2 Å². The lowest BCUT2D eigenvalue weighted by molar-refractivity contribution is -0.121. The third-order valence-electron chi connectivity index (χ3n) is 7.42. The van der Waals surface area contributed by atoms with Crippen molar-refractivity contribution in [3.8, 4) is 11.8 Å². The molecule has 1 N–H and O–H groups in total. The fourth-order valence-corrected chi connectivity index (χ4v) is 5.75. The average molecular weight is 442 g/mol. The molecule has 3 saturated carbocycles. The summed E-state index contributed by atoms with van der Waals surface area (Å²) in [6, 6.07) is 11.7. The van der Waals surface area contributed by atoms with Crippen molar-refractivity contribution in [2.75, 3.05) is 5.32 Å². The number of ether oxygens (including phenoxy) is 1. The van der Waals surface area contributed by atoms with E-state index in [9.17, 15) is 9.18 Å². The number of carbonyl (C=O) groups is 1. The van der Waals surface area contributed by atoms with Gasteiger partial charge in [0.15, 0.2) is 0 Å². The van der Waals surface area contributed by atoms with Crippen LogP contribution >= 0.6 is 0 Å². The van der Waals surface area contributed by atoms with Crippen molar-refractivity contribution in [2.24, 2.45) is 29.6 Å². The van der Waals surface area contributed by atoms with Gasteiger partial charge >= 0.3 is 0 Å². The van der Waals surface area contributed by atoms with Gasteiger partial charge in [0.1, 0.15) is 23.5 Å². The number of anilines is 1. The van der Waals surface area contributed by atoms with Crippen molar-refractivity contribution < 1.29 is 13.9 Å². The van der Waals surface area contributed by atoms with Gasteiger partial charge in [0, 0.05) is 23.7 Å². The smallest absolute Gasteiger partial charge is 0.229 e. The van der Waals surface area contributed by atoms with E-state index in [0.717, 1.165) is 31.2 Å². The fourth-order valence-electron chi connectivity index (χ4n) is 5.75. The van der Waals surface area contributed by atoms with Crippen LogP contribution in [-0.2, 0) is 4.79 Å². The van der Waals surface area contributed by atoms with E-state index >= 15 is 0 Å². The Hall–Kier alpha value is -3.53. The van der Waals surface area contributed by atoms with Crippen LogP contribution < -0.4 is 10.1 Å². The van der Waals surface area contributed by atoms with Gasteiger partial charge in [-0.2, -0.15) is 5.26 Å². The second-order valence-electron chi connectivity index (χ2n) is 9.48. The number of nitrogens with one attached hydrogen (secondary N) is 1. The number of benzene rings is 1. The van der Waals surface area contributed by atoms with Gasteiger partial charge in [-0.05, 0) is 85.8 Å². The molecule has 0 saturated heterocycles. The Kier molecular flexibility index (Phi) is 4.75. The number of aromatic nitrogens is 2. The van der Waals surface area contributed by atoms with Crippen LogP contribution in [0.3, 0.4) is 0 Å². The van der Waals surface area contributed by atoms with Gasteiger partial charge in [-0.1, -0.05) is 0 Å². The number of hydrogen-bond acceptors (Lipinski definition) is 5. The lowest BCUT2D eigenvalue weighted by Crippen LogP contribution is -2.29. The maximum atomic E-state index is 13.8. The first kappa shape index (κ1) is 20.1. The molecule has 0 aliphatic heterocycles. The van der Waals surface area contributed by atoms with Crippen LogP contribution in [0.5, 0.6) is 5.75 Å². The van der Waals surface area contributed by atoms with Gasteiger partial charge < -0.3 is 10.1 Å². The SMILES string of the molecule is N#Cc1ccc(NC(=O)C(C2CC2)[C@H]2[C@@H]3C[C@H](Oc4ccnc5ccc(F)cc45)C[C@@H]32)nc1. The highest BCUT2D eigenvalue weighted by molar-refractivity contribution is 5.92. The summed E-state index contributed by atoms with van der Waals surface area (Å²) in [7, 11) is 0. The Balaban J connectivity index is 1.12. The van der Waals surface area contributed by atoms with Gasteiger partial charge in [-0.3, -0.25) is 9.78 Å². The van der Waals surface area contributed by atoms with Gasteiger partial charge in [0.2, 0.25) is 5.91 Å². The molecule has 0 bridgehead atoms. The van der Waals surface area contributed by atoms with Gasteiger partial charge in [-0.25, -0.2) is 9.37 Å². The van der Waals surface area contributed by atoms with Crippen LogP contribution in [0.2, 0.25) is 0 Å². The molecule has 0 radical (unpaired) electrons. The third kappa shape index (κ3) is 3.80. The normalized spacial score (nSPS) is 26.3. The molecule has 2 heterocycles. The number of fused-ring (bicyclic) bond motifs is 2. The zero-order valence-electron chi connectivity index (χ0n) is 17.9. The summed E-state index contributed by atoms with van der Waals surface area (Å²) in [5.41, 5.74) is 1.19. The molecular formula is C26H23FN4O2. The second-order valence-corrected chi connectivity index (χ2v) is 9.48. The quantitative estimate of drug-likeness (QED) is 0.597. The topological polar surface area (TPSA) is 87.9 Å². The monoisotopic (exact) mass is 442 g/mol. The molecule has 33 heavy (non-hydrogen) atoms. The number of nitriles is 1. The third-order valence-corrected chi connectivity index (χ3v) is 7.42. The molecule has 3 aromatic rings. The molecule has 1 amide bonds. The van der Waals surface area contributed by atoms with Crippen molar-refractivity contribution in [3.05, 3.63) is 60.2 Å². The molecule has 0 spiro atoms. The summed E-state index contributed by atoms with van der Waals surface area (Å²) >= 11 is 0. The summed E-state index contributed by atoms with van der Waals surface area (Å²) in [4.78, 5) is 21.6. The molecule has 6 nitrogen and oxygen atoms in total.